The predicted octanol–water partition coefficient (Wildman–Crippen LogP) is 0.901. The Balaban J connectivity index is 2.50. The fourth-order valence-corrected chi connectivity index (χ4v) is 1.66. The molecule has 0 aliphatic carbocycles. The van der Waals surface area contributed by atoms with Gasteiger partial charge in [0.2, 0.25) is 0 Å². The Morgan fingerprint density at radius 2 is 1.80 bits per heavy atom. The van der Waals surface area contributed by atoms with Gasteiger partial charge in [0.05, 0.1) is 0 Å². The van der Waals surface area contributed by atoms with Crippen LogP contribution in [0.2, 0.25) is 0 Å². The molecule has 0 spiro atoms. The molecule has 86 valence electrons. The molecule has 0 radical (unpaired) electrons. The second kappa shape index (κ2) is 5.00. The molecule has 1 heterocycles. The molecular weight excluding hydrogens is 196 g/mol. The summed E-state index contributed by atoms with van der Waals surface area (Å²) >= 11 is 0. The Bertz CT molecular complexity index is 247. The minimum absolute atomic E-state index is 0.103. The first kappa shape index (κ1) is 11.8. The third kappa shape index (κ3) is 3.11. The first-order chi connectivity index (χ1) is 7.02. The Morgan fingerprint density at radius 3 is 2.20 bits per heavy atom. The van der Waals surface area contributed by atoms with Gasteiger partial charge < -0.3 is 15.3 Å². The number of amides is 2. The Labute approximate surface area is 89.4 Å². The second-order valence-corrected chi connectivity index (χ2v) is 4.20. The maximum atomic E-state index is 11.6. The molecule has 1 saturated heterocycles. The number of carboxylic acid groups (broad SMARTS) is 1. The molecule has 1 aliphatic rings. The number of hydrogen-bond acceptors (Lipinski definition) is 2. The number of nitrogens with zero attached hydrogens (tertiary/aromatic N) is 1. The van der Waals surface area contributed by atoms with E-state index in [1.807, 2.05) is 0 Å². The third-order valence-electron chi connectivity index (χ3n) is 2.60. The van der Waals surface area contributed by atoms with Crippen LogP contribution < -0.4 is 5.32 Å². The van der Waals surface area contributed by atoms with Gasteiger partial charge in [-0.25, -0.2) is 9.59 Å². The lowest BCUT2D eigenvalue weighted by atomic mass is 10.1. The molecule has 0 aromatic rings. The molecule has 15 heavy (non-hydrogen) atoms. The summed E-state index contributed by atoms with van der Waals surface area (Å²) in [6.07, 6.45) is 2.01. The minimum Gasteiger partial charge on any atom is -0.480 e. The number of carbonyl (C=O) groups excluding carboxylic acids is 1. The molecule has 0 aromatic carbocycles. The highest BCUT2D eigenvalue weighted by atomic mass is 16.4. The summed E-state index contributed by atoms with van der Waals surface area (Å²) in [6.45, 7) is 5.03. The summed E-state index contributed by atoms with van der Waals surface area (Å²) in [5.41, 5.74) is 0. The number of rotatable bonds is 3. The summed E-state index contributed by atoms with van der Waals surface area (Å²) in [6, 6.07) is -1.05. The Morgan fingerprint density at radius 1 is 1.27 bits per heavy atom. The van der Waals surface area contributed by atoms with Crippen LogP contribution >= 0.6 is 0 Å². The van der Waals surface area contributed by atoms with E-state index in [-0.39, 0.29) is 11.9 Å². The van der Waals surface area contributed by atoms with Crippen molar-refractivity contribution in [1.82, 2.24) is 10.2 Å². The highest BCUT2D eigenvalue weighted by Crippen LogP contribution is 2.09. The van der Waals surface area contributed by atoms with Crippen LogP contribution in [0, 0.1) is 5.92 Å². The van der Waals surface area contributed by atoms with Gasteiger partial charge in [0.15, 0.2) is 0 Å². The van der Waals surface area contributed by atoms with E-state index in [1.165, 1.54) is 0 Å². The molecule has 1 atom stereocenters. The molecule has 2 amide bonds. The van der Waals surface area contributed by atoms with Gasteiger partial charge in [-0.2, -0.15) is 0 Å². The zero-order valence-corrected chi connectivity index (χ0v) is 9.19. The maximum Gasteiger partial charge on any atom is 0.326 e. The molecule has 1 aliphatic heterocycles. The summed E-state index contributed by atoms with van der Waals surface area (Å²) < 4.78 is 0. The number of carbonyl (C=O) groups is 2. The van der Waals surface area contributed by atoms with Crippen molar-refractivity contribution in [2.75, 3.05) is 13.1 Å². The molecule has 5 heteroatoms. The van der Waals surface area contributed by atoms with Crippen LogP contribution in [-0.4, -0.2) is 41.1 Å². The van der Waals surface area contributed by atoms with Crippen molar-refractivity contribution in [2.45, 2.75) is 32.7 Å². The van der Waals surface area contributed by atoms with Crippen molar-refractivity contribution < 1.29 is 14.7 Å². The number of hydrogen-bond donors (Lipinski definition) is 2. The van der Waals surface area contributed by atoms with Crippen LogP contribution in [-0.2, 0) is 4.79 Å². The highest BCUT2D eigenvalue weighted by Gasteiger charge is 2.26. The summed E-state index contributed by atoms with van der Waals surface area (Å²) in [5, 5.41) is 11.4. The van der Waals surface area contributed by atoms with Gasteiger partial charge in [-0.05, 0) is 18.8 Å². The Hall–Kier alpha value is -1.26. The zero-order chi connectivity index (χ0) is 11.4. The van der Waals surface area contributed by atoms with Crippen LogP contribution in [0.3, 0.4) is 0 Å². The summed E-state index contributed by atoms with van der Waals surface area (Å²) in [5.74, 6) is -1.08. The van der Waals surface area contributed by atoms with E-state index in [0.717, 1.165) is 25.9 Å². The molecule has 0 aromatic heterocycles. The second-order valence-electron chi connectivity index (χ2n) is 4.20. The minimum atomic E-state index is -0.974. The van der Waals surface area contributed by atoms with Gasteiger partial charge >= 0.3 is 12.0 Å². The predicted molar refractivity (Wildman–Crippen MR) is 55.6 cm³/mol. The molecular formula is C10H18N2O3. The maximum absolute atomic E-state index is 11.6. The number of aliphatic carboxylic acids is 1. The van der Waals surface area contributed by atoms with E-state index in [2.05, 4.69) is 5.32 Å². The third-order valence-corrected chi connectivity index (χ3v) is 2.60. The van der Waals surface area contributed by atoms with Gasteiger partial charge in [0, 0.05) is 13.1 Å². The molecule has 1 fully saturated rings. The normalized spacial score (nSPS) is 17.9. The quantitative estimate of drug-likeness (QED) is 0.733. The lowest BCUT2D eigenvalue weighted by molar-refractivity contribution is -0.140. The van der Waals surface area contributed by atoms with Crippen LogP contribution in [0.25, 0.3) is 0 Å². The SMILES string of the molecule is CC(C)[C@@H](NC(=O)N1CCCC1)C(=O)O. The van der Waals surface area contributed by atoms with Crippen LogP contribution in [0.1, 0.15) is 26.7 Å². The van der Waals surface area contributed by atoms with Crippen molar-refractivity contribution in [3.8, 4) is 0 Å². The van der Waals surface area contributed by atoms with Crippen molar-refractivity contribution >= 4 is 12.0 Å². The number of likely N-dealkylation sites (tertiary alicyclic amines) is 1. The van der Waals surface area contributed by atoms with E-state index in [4.69, 9.17) is 5.11 Å². The fraction of sp³-hybridized carbons (Fsp3) is 0.800. The van der Waals surface area contributed by atoms with Crippen LogP contribution in [0.15, 0.2) is 0 Å². The number of nitrogens with one attached hydrogen (secondary N) is 1. The van der Waals surface area contributed by atoms with E-state index < -0.39 is 12.0 Å². The lowest BCUT2D eigenvalue weighted by Crippen LogP contribution is -2.49. The molecule has 2 N–H and O–H groups in total. The van der Waals surface area contributed by atoms with E-state index >= 15 is 0 Å². The van der Waals surface area contributed by atoms with Gasteiger partial charge in [0.25, 0.3) is 0 Å². The van der Waals surface area contributed by atoms with E-state index in [1.54, 1.807) is 18.7 Å². The molecule has 0 unspecified atom stereocenters. The zero-order valence-electron chi connectivity index (χ0n) is 9.19. The Kier molecular flexibility index (Phi) is 3.94. The van der Waals surface area contributed by atoms with Gasteiger partial charge in [-0.15, -0.1) is 0 Å². The molecule has 0 bridgehead atoms. The lowest BCUT2D eigenvalue weighted by Gasteiger charge is -2.22. The first-order valence-corrected chi connectivity index (χ1v) is 5.30. The van der Waals surface area contributed by atoms with Crippen molar-refractivity contribution in [2.24, 2.45) is 5.92 Å². The summed E-state index contributed by atoms with van der Waals surface area (Å²) in [7, 11) is 0. The van der Waals surface area contributed by atoms with E-state index in [0.29, 0.717) is 0 Å². The topological polar surface area (TPSA) is 69.6 Å². The van der Waals surface area contributed by atoms with Crippen molar-refractivity contribution in [3.05, 3.63) is 0 Å². The highest BCUT2D eigenvalue weighted by molar-refractivity contribution is 5.82. The standard InChI is InChI=1S/C10H18N2O3/c1-7(2)8(9(13)14)11-10(15)12-5-3-4-6-12/h7-8H,3-6H2,1-2H3,(H,11,15)(H,13,14)/t8-/m1/s1. The van der Waals surface area contributed by atoms with Gasteiger partial charge in [-0.1, -0.05) is 13.8 Å². The van der Waals surface area contributed by atoms with Crippen molar-refractivity contribution in [1.29, 1.82) is 0 Å². The van der Waals surface area contributed by atoms with Crippen molar-refractivity contribution in [3.63, 3.8) is 0 Å². The monoisotopic (exact) mass is 214 g/mol. The molecule has 5 nitrogen and oxygen atoms in total. The van der Waals surface area contributed by atoms with Gasteiger partial charge in [0.1, 0.15) is 6.04 Å². The van der Waals surface area contributed by atoms with E-state index in [9.17, 15) is 9.59 Å². The van der Waals surface area contributed by atoms with Gasteiger partial charge in [-0.3, -0.25) is 0 Å². The molecule has 0 saturated carbocycles. The largest absolute Gasteiger partial charge is 0.480 e. The number of carboxylic acids is 1. The average Bonchev–Trinajstić information content (AvgIpc) is 2.65. The average molecular weight is 214 g/mol. The smallest absolute Gasteiger partial charge is 0.326 e. The molecule has 1 rings (SSSR count). The van der Waals surface area contributed by atoms with Crippen LogP contribution in [0.5, 0.6) is 0 Å². The fourth-order valence-electron chi connectivity index (χ4n) is 1.66. The summed E-state index contributed by atoms with van der Waals surface area (Å²) in [4.78, 5) is 24.1. The number of urea groups is 1. The van der Waals surface area contributed by atoms with Crippen LogP contribution in [0.4, 0.5) is 4.79 Å². The first-order valence-electron chi connectivity index (χ1n) is 5.30.